The van der Waals surface area contributed by atoms with E-state index in [2.05, 4.69) is 5.10 Å². The molecule has 184 valence electrons. The van der Waals surface area contributed by atoms with Crippen LogP contribution in [0.3, 0.4) is 0 Å². The molecule has 1 aromatic heterocycles. The summed E-state index contributed by atoms with van der Waals surface area (Å²) >= 11 is 0. The minimum atomic E-state index is -4.64. The normalized spacial score (nSPS) is 20.1. The summed E-state index contributed by atoms with van der Waals surface area (Å²) in [4.78, 5) is 28.3. The lowest BCUT2D eigenvalue weighted by molar-refractivity contribution is -0.223. The molecule has 2 amide bonds. The molecule has 1 spiro atoms. The maximum absolute atomic E-state index is 13.4. The van der Waals surface area contributed by atoms with Crippen LogP contribution in [0.5, 0.6) is 0 Å². The fourth-order valence-corrected chi connectivity index (χ4v) is 4.63. The Kier molecular flexibility index (Phi) is 5.72. The van der Waals surface area contributed by atoms with Gasteiger partial charge in [0.05, 0.1) is 18.3 Å². The molecule has 0 bridgehead atoms. The first kappa shape index (κ1) is 24.2. The molecule has 1 aromatic carbocycles. The number of aromatic nitrogens is 2. The first-order valence-corrected chi connectivity index (χ1v) is 10.9. The number of carbonyl (C=O) groups excluding carboxylic acids is 2. The van der Waals surface area contributed by atoms with Gasteiger partial charge in [-0.25, -0.2) is 8.78 Å². The first-order valence-electron chi connectivity index (χ1n) is 10.9. The molecule has 0 N–H and O–H groups in total. The Morgan fingerprint density at radius 1 is 1.09 bits per heavy atom. The van der Waals surface area contributed by atoms with Gasteiger partial charge in [0.1, 0.15) is 5.41 Å². The second-order valence-corrected chi connectivity index (χ2v) is 9.91. The Balaban J connectivity index is 1.39. The van der Waals surface area contributed by atoms with Crippen LogP contribution in [0.25, 0.3) is 0 Å². The van der Waals surface area contributed by atoms with Crippen LogP contribution in [-0.4, -0.2) is 63.7 Å². The summed E-state index contributed by atoms with van der Waals surface area (Å²) in [5.41, 5.74) is -2.10. The van der Waals surface area contributed by atoms with E-state index in [1.807, 2.05) is 6.92 Å². The van der Waals surface area contributed by atoms with Crippen LogP contribution < -0.4 is 0 Å². The van der Waals surface area contributed by atoms with Crippen LogP contribution >= 0.6 is 0 Å². The molecule has 2 saturated heterocycles. The zero-order valence-corrected chi connectivity index (χ0v) is 19.0. The highest BCUT2D eigenvalue weighted by molar-refractivity contribution is 5.94. The first-order chi connectivity index (χ1) is 15.7. The fraction of sp³-hybridized carbons (Fsp3) is 0.522. The molecule has 0 saturated carbocycles. The molecule has 11 heteroatoms. The van der Waals surface area contributed by atoms with E-state index in [1.54, 1.807) is 4.90 Å². The second kappa shape index (κ2) is 8.06. The maximum Gasteiger partial charge on any atom is 0.402 e. The molecule has 0 unspecified atom stereocenters. The lowest BCUT2D eigenvalue weighted by Gasteiger charge is -2.52. The molecular formula is C23H25F5N4O2. The smallest absolute Gasteiger partial charge is 0.341 e. The Labute approximate surface area is 193 Å². The molecule has 2 fully saturated rings. The third-order valence-corrected chi connectivity index (χ3v) is 7.08. The third-order valence-electron chi connectivity index (χ3n) is 7.08. The molecule has 4 rings (SSSR count). The van der Waals surface area contributed by atoms with Gasteiger partial charge in [-0.1, -0.05) is 13.0 Å². The largest absolute Gasteiger partial charge is 0.402 e. The standard InChI is InChI=1S/C23H25F5N4O2/c1-14-8-30(11-22(14)12-31(13-22)20(34)21(2,3)23(26,27)28)19(33)16-7-29-32(10-16)9-15-4-5-17(24)18(25)6-15/h4-7,10,14H,8-9,11-13H2,1-3H3/t14-/m1/s1. The minimum Gasteiger partial charge on any atom is -0.341 e. The number of nitrogens with zero attached hydrogens (tertiary/aromatic N) is 4. The highest BCUT2D eigenvalue weighted by Crippen LogP contribution is 2.47. The lowest BCUT2D eigenvalue weighted by Crippen LogP contribution is -2.65. The number of benzene rings is 1. The van der Waals surface area contributed by atoms with Crippen molar-refractivity contribution in [3.63, 3.8) is 0 Å². The molecule has 6 nitrogen and oxygen atoms in total. The van der Waals surface area contributed by atoms with Gasteiger partial charge in [-0.3, -0.25) is 14.3 Å². The summed E-state index contributed by atoms with van der Waals surface area (Å²) in [7, 11) is 0. The van der Waals surface area contributed by atoms with Crippen LogP contribution in [0.1, 0.15) is 36.7 Å². The van der Waals surface area contributed by atoms with E-state index in [-0.39, 0.29) is 31.5 Å². The Morgan fingerprint density at radius 3 is 2.35 bits per heavy atom. The van der Waals surface area contributed by atoms with Gasteiger partial charge in [-0.2, -0.15) is 18.3 Å². The van der Waals surface area contributed by atoms with Crippen molar-refractivity contribution in [3.05, 3.63) is 53.4 Å². The number of amides is 2. The van der Waals surface area contributed by atoms with E-state index >= 15 is 0 Å². The van der Waals surface area contributed by atoms with Crippen LogP contribution in [-0.2, 0) is 11.3 Å². The second-order valence-electron chi connectivity index (χ2n) is 9.91. The van der Waals surface area contributed by atoms with Gasteiger partial charge >= 0.3 is 6.18 Å². The summed E-state index contributed by atoms with van der Waals surface area (Å²) < 4.78 is 67.7. The SMILES string of the molecule is C[C@@H]1CN(C(=O)c2cnn(Cc3ccc(F)c(F)c3)c2)CC12CN(C(=O)C(C)(C)C(F)(F)F)C2. The molecular weight excluding hydrogens is 459 g/mol. The third kappa shape index (κ3) is 4.05. The predicted molar refractivity (Wildman–Crippen MR) is 112 cm³/mol. The van der Waals surface area contributed by atoms with Crippen molar-refractivity contribution in [2.45, 2.75) is 33.5 Å². The van der Waals surface area contributed by atoms with Crippen LogP contribution in [0.4, 0.5) is 22.0 Å². The monoisotopic (exact) mass is 484 g/mol. The number of likely N-dealkylation sites (tertiary alicyclic amines) is 2. The molecule has 2 aliphatic rings. The number of hydrogen-bond acceptors (Lipinski definition) is 3. The minimum absolute atomic E-state index is 0.00624. The molecule has 2 aromatic rings. The quantitative estimate of drug-likeness (QED) is 0.622. The summed E-state index contributed by atoms with van der Waals surface area (Å²) in [6.07, 6.45) is -1.74. The van der Waals surface area contributed by atoms with Crippen molar-refractivity contribution in [2.75, 3.05) is 26.2 Å². The van der Waals surface area contributed by atoms with Gasteiger partial charge in [0.15, 0.2) is 11.6 Å². The van der Waals surface area contributed by atoms with Gasteiger partial charge in [0, 0.05) is 37.8 Å². The van der Waals surface area contributed by atoms with Crippen molar-refractivity contribution in [3.8, 4) is 0 Å². The maximum atomic E-state index is 13.4. The molecule has 3 heterocycles. The van der Waals surface area contributed by atoms with E-state index in [0.717, 1.165) is 26.0 Å². The average molecular weight is 484 g/mol. The van der Waals surface area contributed by atoms with Gasteiger partial charge in [0.2, 0.25) is 5.91 Å². The van der Waals surface area contributed by atoms with E-state index in [9.17, 15) is 31.5 Å². The number of alkyl halides is 3. The fourth-order valence-electron chi connectivity index (χ4n) is 4.63. The summed E-state index contributed by atoms with van der Waals surface area (Å²) in [6.45, 7) is 4.93. The Morgan fingerprint density at radius 2 is 1.74 bits per heavy atom. The summed E-state index contributed by atoms with van der Waals surface area (Å²) in [5, 5.41) is 4.12. The van der Waals surface area contributed by atoms with Gasteiger partial charge in [0.25, 0.3) is 5.91 Å². The molecule has 34 heavy (non-hydrogen) atoms. The predicted octanol–water partition coefficient (Wildman–Crippen LogP) is 3.72. The van der Waals surface area contributed by atoms with Crippen molar-refractivity contribution in [1.82, 2.24) is 19.6 Å². The van der Waals surface area contributed by atoms with Crippen LogP contribution in [0.15, 0.2) is 30.6 Å². The van der Waals surface area contributed by atoms with Gasteiger partial charge < -0.3 is 9.80 Å². The van der Waals surface area contributed by atoms with Crippen molar-refractivity contribution in [1.29, 1.82) is 0 Å². The highest BCUT2D eigenvalue weighted by Gasteiger charge is 2.60. The lowest BCUT2D eigenvalue weighted by atomic mass is 9.71. The molecule has 0 radical (unpaired) electrons. The molecule has 1 atom stereocenters. The summed E-state index contributed by atoms with van der Waals surface area (Å²) in [6, 6.07) is 3.51. The van der Waals surface area contributed by atoms with Crippen molar-refractivity contribution >= 4 is 11.8 Å². The van der Waals surface area contributed by atoms with E-state index < -0.39 is 34.5 Å². The number of halogens is 5. The van der Waals surface area contributed by atoms with Crippen LogP contribution in [0, 0.1) is 28.4 Å². The van der Waals surface area contributed by atoms with E-state index in [0.29, 0.717) is 24.2 Å². The number of carbonyl (C=O) groups is 2. The van der Waals surface area contributed by atoms with Gasteiger partial charge in [-0.15, -0.1) is 0 Å². The van der Waals surface area contributed by atoms with E-state index in [1.165, 1.54) is 28.0 Å². The zero-order valence-electron chi connectivity index (χ0n) is 19.0. The summed E-state index contributed by atoms with van der Waals surface area (Å²) in [5.74, 6) is -3.15. The Bertz CT molecular complexity index is 1120. The molecule has 0 aliphatic carbocycles. The average Bonchev–Trinajstić information content (AvgIpc) is 3.32. The van der Waals surface area contributed by atoms with Crippen molar-refractivity contribution in [2.24, 2.45) is 16.7 Å². The van der Waals surface area contributed by atoms with Gasteiger partial charge in [-0.05, 0) is 37.5 Å². The van der Waals surface area contributed by atoms with Crippen molar-refractivity contribution < 1.29 is 31.5 Å². The Hall–Kier alpha value is -2.98. The van der Waals surface area contributed by atoms with E-state index in [4.69, 9.17) is 0 Å². The topological polar surface area (TPSA) is 58.4 Å². The zero-order chi connectivity index (χ0) is 25.1. The molecule has 2 aliphatic heterocycles. The highest BCUT2D eigenvalue weighted by atomic mass is 19.4. The number of rotatable bonds is 4. The van der Waals surface area contributed by atoms with Crippen LogP contribution in [0.2, 0.25) is 0 Å². The number of hydrogen-bond donors (Lipinski definition) is 0.